The van der Waals surface area contributed by atoms with E-state index in [1.165, 1.54) is 0 Å². The molecule has 0 unspecified atom stereocenters. The first kappa shape index (κ1) is 26.9. The molecular weight excluding hydrogens is 490 g/mol. The summed E-state index contributed by atoms with van der Waals surface area (Å²) in [7, 11) is 0. The Labute approximate surface area is 223 Å². The topological polar surface area (TPSA) is 108 Å². The van der Waals surface area contributed by atoms with E-state index in [1.54, 1.807) is 30.6 Å². The molecule has 9 heteroatoms. The molecule has 3 atom stereocenters. The standard InChI is InChI=1S/C28H34ClN5O3/c1-16-9-18(15-35)10-17(2)34(16)26-31-13-20(14-32-26)23(36)33-24-27(3,4)25(28(24,5)6)37-21-8-7-19(12-30)22(29)11-21/h7-8,11,13-18,24-25H,9-10H2,1-6H3,(H,33,36)/t16-,17+,18+,24-,25-. The lowest BCUT2D eigenvalue weighted by molar-refractivity contribution is -0.164. The summed E-state index contributed by atoms with van der Waals surface area (Å²) < 4.78 is 6.30. The number of ether oxygens (including phenoxy) is 1. The molecule has 2 heterocycles. The Bertz CT molecular complexity index is 1200. The number of carbonyl (C=O) groups excluding carboxylic acids is 2. The highest BCUT2D eigenvalue weighted by Gasteiger charge is 2.64. The Morgan fingerprint density at radius 1 is 1.16 bits per heavy atom. The lowest BCUT2D eigenvalue weighted by Gasteiger charge is -2.63. The number of aldehydes is 1. The highest BCUT2D eigenvalue weighted by atomic mass is 35.5. The van der Waals surface area contributed by atoms with Crippen molar-refractivity contribution in [3.8, 4) is 11.8 Å². The predicted octanol–water partition coefficient (Wildman–Crippen LogP) is 4.81. The van der Waals surface area contributed by atoms with Gasteiger partial charge in [0.2, 0.25) is 5.95 Å². The fourth-order valence-corrected chi connectivity index (χ4v) is 6.73. The van der Waals surface area contributed by atoms with E-state index in [4.69, 9.17) is 21.6 Å². The second-order valence-corrected chi connectivity index (χ2v) is 12.0. The van der Waals surface area contributed by atoms with Gasteiger partial charge in [0, 0.05) is 53.3 Å². The maximum atomic E-state index is 13.2. The molecule has 1 saturated carbocycles. The van der Waals surface area contributed by atoms with Crippen molar-refractivity contribution in [3.63, 3.8) is 0 Å². The molecule has 196 valence electrons. The van der Waals surface area contributed by atoms with Crippen molar-refractivity contribution in [2.24, 2.45) is 16.7 Å². The van der Waals surface area contributed by atoms with Crippen molar-refractivity contribution in [1.29, 1.82) is 5.26 Å². The zero-order valence-electron chi connectivity index (χ0n) is 22.2. The molecule has 37 heavy (non-hydrogen) atoms. The first-order chi connectivity index (χ1) is 17.4. The van der Waals surface area contributed by atoms with Gasteiger partial charge in [0.1, 0.15) is 24.2 Å². The molecule has 2 fully saturated rings. The van der Waals surface area contributed by atoms with Crippen LogP contribution in [0.2, 0.25) is 5.02 Å². The van der Waals surface area contributed by atoms with Crippen molar-refractivity contribution in [2.75, 3.05) is 4.90 Å². The van der Waals surface area contributed by atoms with Crippen LogP contribution in [-0.2, 0) is 4.79 Å². The molecule has 8 nitrogen and oxygen atoms in total. The van der Waals surface area contributed by atoms with Crippen LogP contribution in [0.3, 0.4) is 0 Å². The number of benzene rings is 1. The number of carbonyl (C=O) groups is 2. The number of nitrogens with zero attached hydrogens (tertiary/aromatic N) is 4. The number of halogens is 1. The van der Waals surface area contributed by atoms with Gasteiger partial charge in [-0.1, -0.05) is 39.3 Å². The number of nitriles is 1. The number of anilines is 1. The van der Waals surface area contributed by atoms with Gasteiger partial charge in [0.25, 0.3) is 5.91 Å². The van der Waals surface area contributed by atoms with Crippen molar-refractivity contribution >= 4 is 29.7 Å². The van der Waals surface area contributed by atoms with Gasteiger partial charge >= 0.3 is 0 Å². The third-order valence-electron chi connectivity index (χ3n) is 7.99. The molecule has 1 aromatic heterocycles. The van der Waals surface area contributed by atoms with E-state index in [0.717, 1.165) is 19.1 Å². The van der Waals surface area contributed by atoms with Gasteiger partial charge in [0.15, 0.2) is 0 Å². The molecule has 1 N–H and O–H groups in total. The van der Waals surface area contributed by atoms with Crippen molar-refractivity contribution in [3.05, 3.63) is 46.7 Å². The molecule has 0 spiro atoms. The smallest absolute Gasteiger partial charge is 0.254 e. The van der Waals surface area contributed by atoms with Crippen LogP contribution in [-0.4, -0.2) is 46.4 Å². The minimum Gasteiger partial charge on any atom is -0.489 e. The lowest BCUT2D eigenvalue weighted by atomic mass is 9.49. The van der Waals surface area contributed by atoms with Crippen molar-refractivity contribution < 1.29 is 14.3 Å². The third kappa shape index (κ3) is 4.89. The summed E-state index contributed by atoms with van der Waals surface area (Å²) in [6.07, 6.45) is 5.51. The molecule has 1 aliphatic carbocycles. The Balaban J connectivity index is 1.44. The van der Waals surface area contributed by atoms with E-state index in [-0.39, 0.29) is 46.9 Å². The van der Waals surface area contributed by atoms with Gasteiger partial charge in [-0.2, -0.15) is 5.26 Å². The zero-order valence-corrected chi connectivity index (χ0v) is 22.9. The lowest BCUT2D eigenvalue weighted by Crippen LogP contribution is -2.74. The van der Waals surface area contributed by atoms with Crippen molar-refractivity contribution in [2.45, 2.75) is 78.6 Å². The normalized spacial score (nSPS) is 27.9. The summed E-state index contributed by atoms with van der Waals surface area (Å²) >= 11 is 6.18. The van der Waals surface area contributed by atoms with Crippen LogP contribution >= 0.6 is 11.6 Å². The van der Waals surface area contributed by atoms with Gasteiger partial charge in [-0.3, -0.25) is 4.79 Å². The second-order valence-electron chi connectivity index (χ2n) is 11.5. The summed E-state index contributed by atoms with van der Waals surface area (Å²) in [5.74, 6) is 0.977. The fraction of sp³-hybridized carbons (Fsp3) is 0.536. The molecule has 2 aromatic rings. The SMILES string of the molecule is C[C@@H]1C[C@H](C=O)C[C@H](C)N1c1ncc(C(=O)N[C@H]2C(C)(C)[C@H](Oc3ccc(C#N)c(Cl)c3)C2(C)C)cn1. The Kier molecular flexibility index (Phi) is 7.22. The number of amides is 1. The monoisotopic (exact) mass is 523 g/mol. The average Bonchev–Trinajstić information content (AvgIpc) is 2.85. The van der Waals surface area contributed by atoms with E-state index in [9.17, 15) is 9.59 Å². The van der Waals surface area contributed by atoms with Gasteiger partial charge < -0.3 is 19.7 Å². The number of aromatic nitrogens is 2. The van der Waals surface area contributed by atoms with Gasteiger partial charge in [-0.15, -0.1) is 0 Å². The van der Waals surface area contributed by atoms with Crippen LogP contribution in [0.1, 0.15) is 70.3 Å². The number of hydrogen-bond acceptors (Lipinski definition) is 7. The predicted molar refractivity (Wildman–Crippen MR) is 142 cm³/mol. The molecule has 1 aromatic carbocycles. The van der Waals surface area contributed by atoms with Crippen LogP contribution in [0.15, 0.2) is 30.6 Å². The second kappa shape index (κ2) is 9.94. The largest absolute Gasteiger partial charge is 0.489 e. The van der Waals surface area contributed by atoms with Gasteiger partial charge in [0.05, 0.1) is 16.1 Å². The Hall–Kier alpha value is -3.18. The van der Waals surface area contributed by atoms with Crippen molar-refractivity contribution in [1.82, 2.24) is 15.3 Å². The van der Waals surface area contributed by atoms with Crippen LogP contribution in [0.5, 0.6) is 5.75 Å². The zero-order chi connectivity index (χ0) is 27.1. The van der Waals surface area contributed by atoms with E-state index in [1.807, 2.05) is 0 Å². The highest BCUT2D eigenvalue weighted by molar-refractivity contribution is 6.31. The molecule has 0 bridgehead atoms. The van der Waals surface area contributed by atoms with Gasteiger partial charge in [-0.05, 0) is 38.8 Å². The number of rotatable bonds is 6. The van der Waals surface area contributed by atoms with Crippen LogP contribution in [0.4, 0.5) is 5.95 Å². The number of nitrogens with one attached hydrogen (secondary N) is 1. The molecule has 2 aliphatic rings. The van der Waals surface area contributed by atoms with Crippen LogP contribution < -0.4 is 15.0 Å². The first-order valence-corrected chi connectivity index (χ1v) is 13.0. The average molecular weight is 524 g/mol. The molecule has 1 saturated heterocycles. The van der Waals surface area contributed by atoms with E-state index < -0.39 is 0 Å². The third-order valence-corrected chi connectivity index (χ3v) is 8.30. The fourth-order valence-electron chi connectivity index (χ4n) is 6.52. The minimum atomic E-state index is -0.367. The minimum absolute atomic E-state index is 0.0576. The Morgan fingerprint density at radius 2 is 1.76 bits per heavy atom. The van der Waals surface area contributed by atoms with Crippen LogP contribution in [0, 0.1) is 28.1 Å². The molecule has 1 amide bonds. The number of hydrogen-bond donors (Lipinski definition) is 1. The first-order valence-electron chi connectivity index (χ1n) is 12.6. The summed E-state index contributed by atoms with van der Waals surface area (Å²) in [4.78, 5) is 35.5. The maximum absolute atomic E-state index is 13.2. The van der Waals surface area contributed by atoms with E-state index in [2.05, 4.69) is 67.8 Å². The quantitative estimate of drug-likeness (QED) is 0.541. The summed E-state index contributed by atoms with van der Waals surface area (Å²) in [6, 6.07) is 7.20. The molecular formula is C28H34ClN5O3. The number of piperidine rings is 1. The highest BCUT2D eigenvalue weighted by Crippen LogP contribution is 2.55. The van der Waals surface area contributed by atoms with E-state index >= 15 is 0 Å². The van der Waals surface area contributed by atoms with E-state index in [0.29, 0.717) is 27.8 Å². The molecule has 0 radical (unpaired) electrons. The summed E-state index contributed by atoms with van der Waals surface area (Å²) in [6.45, 7) is 12.4. The van der Waals surface area contributed by atoms with Gasteiger partial charge in [-0.25, -0.2) is 9.97 Å². The summed E-state index contributed by atoms with van der Waals surface area (Å²) in [5.41, 5.74) is 0.0537. The maximum Gasteiger partial charge on any atom is 0.254 e. The molecule has 4 rings (SSSR count). The Morgan fingerprint density at radius 3 is 2.27 bits per heavy atom. The summed E-state index contributed by atoms with van der Waals surface area (Å²) in [5, 5.41) is 12.6. The van der Waals surface area contributed by atoms with Crippen LogP contribution in [0.25, 0.3) is 0 Å². The molecule has 1 aliphatic heterocycles.